The summed E-state index contributed by atoms with van der Waals surface area (Å²) in [5.74, 6) is -0.476. The van der Waals surface area contributed by atoms with Gasteiger partial charge in [-0.05, 0) is 24.6 Å². The number of aromatic nitrogens is 2. The third-order valence-electron chi connectivity index (χ3n) is 5.79. The molecule has 2 aromatic rings. The average Bonchev–Trinajstić information content (AvgIpc) is 3.05. The van der Waals surface area contributed by atoms with Crippen molar-refractivity contribution in [2.45, 2.75) is 25.6 Å². The first-order valence-electron chi connectivity index (χ1n) is 10.9. The molecule has 180 valence electrons. The fourth-order valence-electron chi connectivity index (χ4n) is 3.88. The molecule has 6 N–H and O–H groups in total. The van der Waals surface area contributed by atoms with Crippen LogP contribution in [0.2, 0.25) is 0 Å². The summed E-state index contributed by atoms with van der Waals surface area (Å²) in [6, 6.07) is 8.55. The third kappa shape index (κ3) is 6.44. The van der Waals surface area contributed by atoms with E-state index in [1.54, 1.807) is 0 Å². The molecular formula is C22H33N7O4. The van der Waals surface area contributed by atoms with Gasteiger partial charge >= 0.3 is 11.7 Å². The van der Waals surface area contributed by atoms with Gasteiger partial charge in [-0.25, -0.2) is 9.59 Å². The molecule has 0 atom stereocenters. The first-order valence-corrected chi connectivity index (χ1v) is 10.9. The molecule has 1 aromatic heterocycles. The highest BCUT2D eigenvalue weighted by atomic mass is 16.6. The predicted octanol–water partition coefficient (Wildman–Crippen LogP) is -0.213. The molecule has 1 saturated heterocycles. The Labute approximate surface area is 192 Å². The Bertz CT molecular complexity index is 1010. The maximum Gasteiger partial charge on any atom is 0.331 e. The van der Waals surface area contributed by atoms with Gasteiger partial charge in [0.2, 0.25) is 0 Å². The van der Waals surface area contributed by atoms with E-state index in [-0.39, 0.29) is 29.9 Å². The van der Waals surface area contributed by atoms with E-state index in [0.717, 1.165) is 38.2 Å². The van der Waals surface area contributed by atoms with Gasteiger partial charge in [-0.15, -0.1) is 0 Å². The summed E-state index contributed by atoms with van der Waals surface area (Å²) < 4.78 is 11.3. The molecule has 1 aromatic carbocycles. The van der Waals surface area contributed by atoms with Crippen molar-refractivity contribution in [1.82, 2.24) is 19.4 Å². The Balaban J connectivity index is 1.58. The van der Waals surface area contributed by atoms with E-state index >= 15 is 0 Å². The van der Waals surface area contributed by atoms with E-state index in [2.05, 4.69) is 38.7 Å². The smallest absolute Gasteiger partial charge is 0.331 e. The fourth-order valence-corrected chi connectivity index (χ4v) is 3.88. The van der Waals surface area contributed by atoms with E-state index in [4.69, 9.17) is 21.6 Å². The Morgan fingerprint density at radius 1 is 1.27 bits per heavy atom. The largest absolute Gasteiger partial charge is 0.467 e. The molecule has 1 aliphatic heterocycles. The molecular weight excluding hydrogens is 426 g/mol. The number of likely N-dealkylation sites (tertiary alicyclic amines) is 1. The third-order valence-corrected chi connectivity index (χ3v) is 5.79. The lowest BCUT2D eigenvalue weighted by atomic mass is 10.1. The summed E-state index contributed by atoms with van der Waals surface area (Å²) in [5, 5.41) is 7.50. The second-order valence-electron chi connectivity index (χ2n) is 8.33. The lowest BCUT2D eigenvalue weighted by Crippen LogP contribution is -2.57. The van der Waals surface area contributed by atoms with Crippen LogP contribution >= 0.6 is 0 Å². The number of hydrogen-bond donors (Lipinski definition) is 4. The fraction of sp³-hybridized carbons (Fsp3) is 0.500. The molecule has 0 spiro atoms. The van der Waals surface area contributed by atoms with Crippen molar-refractivity contribution in [3.8, 4) is 0 Å². The summed E-state index contributed by atoms with van der Waals surface area (Å²) in [7, 11) is 3.45. The molecule has 1 fully saturated rings. The van der Waals surface area contributed by atoms with Crippen LogP contribution < -0.4 is 17.2 Å². The molecule has 0 bridgehead atoms. The van der Waals surface area contributed by atoms with Gasteiger partial charge in [-0.3, -0.25) is 14.9 Å². The Morgan fingerprint density at radius 3 is 2.52 bits per heavy atom. The standard InChI is InChI=1S/C22H33N7O4/c1-27-12-17(13-27)28(8-3-9-33-14-18(30)32-2)10-15-4-6-16(7-5-15)11-29-21(25)19(20(23)24)26-22(29)31/h4-7,17H,3,8-14,25H2,1-2H3,(H3,23,24)(H,26,31). The molecule has 2 heterocycles. The lowest BCUT2D eigenvalue weighted by Gasteiger charge is -2.44. The number of aromatic amines is 1. The van der Waals surface area contributed by atoms with Crippen molar-refractivity contribution < 1.29 is 14.3 Å². The highest BCUT2D eigenvalue weighted by Crippen LogP contribution is 2.18. The minimum Gasteiger partial charge on any atom is -0.467 e. The molecule has 0 unspecified atom stereocenters. The second-order valence-corrected chi connectivity index (χ2v) is 8.33. The number of likely N-dealkylation sites (N-methyl/N-ethyl adjacent to an activating group) is 1. The summed E-state index contributed by atoms with van der Waals surface area (Å²) in [4.78, 5) is 30.5. The predicted molar refractivity (Wildman–Crippen MR) is 125 cm³/mol. The molecule has 1 aliphatic rings. The Kier molecular flexibility index (Phi) is 8.26. The molecule has 11 nitrogen and oxygen atoms in total. The topological polar surface area (TPSA) is 156 Å². The SMILES string of the molecule is COC(=O)COCCCN(Cc1ccc(Cn2c(N)c(C(=N)N)[nH]c2=O)cc1)C1CN(C)C1. The van der Waals surface area contributed by atoms with Crippen molar-refractivity contribution in [2.75, 3.05) is 52.7 Å². The van der Waals surface area contributed by atoms with Crippen LogP contribution in [0.15, 0.2) is 29.1 Å². The number of ether oxygens (including phenoxy) is 2. The number of anilines is 1. The number of nitrogen functional groups attached to an aromatic ring is 2. The number of carbonyl (C=O) groups excluding carboxylic acids is 1. The Hall–Kier alpha value is -3.15. The van der Waals surface area contributed by atoms with Crippen LogP contribution in [-0.4, -0.2) is 84.2 Å². The van der Waals surface area contributed by atoms with E-state index in [1.165, 1.54) is 17.2 Å². The minimum absolute atomic E-state index is 0.0210. The van der Waals surface area contributed by atoms with Gasteiger partial charge in [0.05, 0.1) is 13.7 Å². The van der Waals surface area contributed by atoms with E-state index in [9.17, 15) is 9.59 Å². The number of benzene rings is 1. The van der Waals surface area contributed by atoms with Crippen LogP contribution in [0.4, 0.5) is 5.82 Å². The summed E-state index contributed by atoms with van der Waals surface area (Å²) in [6.07, 6.45) is 0.823. The van der Waals surface area contributed by atoms with Crippen molar-refractivity contribution in [3.05, 3.63) is 51.6 Å². The van der Waals surface area contributed by atoms with Crippen molar-refractivity contribution in [2.24, 2.45) is 5.73 Å². The number of esters is 1. The number of amidine groups is 1. The first kappa shape index (κ1) is 24.5. The van der Waals surface area contributed by atoms with Gasteiger partial charge in [0.1, 0.15) is 24.0 Å². The molecule has 0 aliphatic carbocycles. The quantitative estimate of drug-likeness (QED) is 0.147. The molecule has 3 rings (SSSR count). The minimum atomic E-state index is -0.392. The normalized spacial score (nSPS) is 14.4. The summed E-state index contributed by atoms with van der Waals surface area (Å²) in [6.45, 7) is 4.49. The maximum atomic E-state index is 12.2. The van der Waals surface area contributed by atoms with Crippen LogP contribution in [0.1, 0.15) is 23.2 Å². The summed E-state index contributed by atoms with van der Waals surface area (Å²) in [5.41, 5.74) is 13.3. The van der Waals surface area contributed by atoms with Crippen LogP contribution in [0.5, 0.6) is 0 Å². The molecule has 0 saturated carbocycles. The monoisotopic (exact) mass is 459 g/mol. The number of H-pyrrole nitrogens is 1. The molecule has 11 heteroatoms. The van der Waals surface area contributed by atoms with Crippen LogP contribution in [-0.2, 0) is 27.4 Å². The van der Waals surface area contributed by atoms with Gasteiger partial charge in [-0.1, -0.05) is 24.3 Å². The van der Waals surface area contributed by atoms with Crippen molar-refractivity contribution >= 4 is 17.6 Å². The molecule has 0 radical (unpaired) electrons. The van der Waals surface area contributed by atoms with E-state index in [0.29, 0.717) is 19.2 Å². The highest BCUT2D eigenvalue weighted by Gasteiger charge is 2.28. The summed E-state index contributed by atoms with van der Waals surface area (Å²) >= 11 is 0. The van der Waals surface area contributed by atoms with Crippen LogP contribution in [0, 0.1) is 5.41 Å². The van der Waals surface area contributed by atoms with Gasteiger partial charge < -0.3 is 30.8 Å². The van der Waals surface area contributed by atoms with Crippen LogP contribution in [0.25, 0.3) is 0 Å². The lowest BCUT2D eigenvalue weighted by molar-refractivity contribution is -0.145. The van der Waals surface area contributed by atoms with Crippen LogP contribution in [0.3, 0.4) is 0 Å². The van der Waals surface area contributed by atoms with Gasteiger partial charge in [0, 0.05) is 38.8 Å². The van der Waals surface area contributed by atoms with Gasteiger partial charge in [-0.2, -0.15) is 0 Å². The zero-order valence-electron chi connectivity index (χ0n) is 19.2. The maximum absolute atomic E-state index is 12.2. The van der Waals surface area contributed by atoms with E-state index < -0.39 is 5.69 Å². The van der Waals surface area contributed by atoms with E-state index in [1.807, 2.05) is 12.1 Å². The number of nitrogens with zero attached hydrogens (tertiary/aromatic N) is 3. The number of imidazole rings is 1. The number of methoxy groups -OCH3 is 1. The van der Waals surface area contributed by atoms with Gasteiger partial charge in [0.15, 0.2) is 0 Å². The number of hydrogen-bond acceptors (Lipinski definition) is 8. The second kappa shape index (κ2) is 11.1. The Morgan fingerprint density at radius 2 is 1.94 bits per heavy atom. The average molecular weight is 460 g/mol. The van der Waals surface area contributed by atoms with Crippen molar-refractivity contribution in [3.63, 3.8) is 0 Å². The zero-order chi connectivity index (χ0) is 24.0. The molecule has 33 heavy (non-hydrogen) atoms. The first-order chi connectivity index (χ1) is 15.8. The number of nitrogens with two attached hydrogens (primary N) is 2. The number of rotatable bonds is 12. The molecule has 0 amide bonds. The highest BCUT2D eigenvalue weighted by molar-refractivity contribution is 5.97. The number of nitrogens with one attached hydrogen (secondary N) is 2. The zero-order valence-corrected chi connectivity index (χ0v) is 19.2. The van der Waals surface area contributed by atoms with Gasteiger partial charge in [0.25, 0.3) is 0 Å². The van der Waals surface area contributed by atoms with Crippen molar-refractivity contribution in [1.29, 1.82) is 5.41 Å². The number of carbonyl (C=O) groups is 1.